The molecule has 0 saturated heterocycles. The van der Waals surface area contributed by atoms with Gasteiger partial charge >= 0.3 is 0 Å². The second-order valence-electron chi connectivity index (χ2n) is 3.07. The molecule has 0 atom stereocenters. The first-order valence-electron chi connectivity index (χ1n) is 4.74. The highest BCUT2D eigenvalue weighted by molar-refractivity contribution is 7.12. The second-order valence-corrected chi connectivity index (χ2v) is 4.39. The molecule has 0 aromatic carbocycles. The Bertz CT molecular complexity index is 328. The van der Waals surface area contributed by atoms with Crippen LogP contribution < -0.4 is 5.32 Å². The van der Waals surface area contributed by atoms with Crippen LogP contribution >= 0.6 is 11.3 Å². The summed E-state index contributed by atoms with van der Waals surface area (Å²) in [6, 6.07) is 4.07. The van der Waals surface area contributed by atoms with E-state index in [1.165, 1.54) is 4.88 Å². The molecular formula is C11H15NOS. The lowest BCUT2D eigenvalue weighted by Crippen LogP contribution is -2.21. The van der Waals surface area contributed by atoms with Crippen molar-refractivity contribution in [3.05, 3.63) is 28.0 Å². The average Bonchev–Trinajstić information content (AvgIpc) is 2.58. The predicted octanol–water partition coefficient (Wildman–Crippen LogP) is 2.60. The van der Waals surface area contributed by atoms with Gasteiger partial charge in [-0.25, -0.2) is 0 Å². The Morgan fingerprint density at radius 1 is 1.57 bits per heavy atom. The van der Waals surface area contributed by atoms with Crippen molar-refractivity contribution in [2.45, 2.75) is 20.3 Å². The summed E-state index contributed by atoms with van der Waals surface area (Å²) >= 11 is 1.69. The Labute approximate surface area is 88.6 Å². The van der Waals surface area contributed by atoms with Crippen LogP contribution in [-0.2, 0) is 4.79 Å². The number of carbonyl (C=O) groups excluding carboxylic acids is 1. The summed E-state index contributed by atoms with van der Waals surface area (Å²) in [6.45, 7) is 4.83. The number of hydrogen-bond acceptors (Lipinski definition) is 2. The number of carbonyl (C=O) groups is 1. The Morgan fingerprint density at radius 3 is 2.93 bits per heavy atom. The molecule has 0 bridgehead atoms. The molecule has 1 N–H and O–H groups in total. The molecule has 3 heteroatoms. The second kappa shape index (κ2) is 5.60. The molecule has 0 unspecified atom stereocenters. The van der Waals surface area contributed by atoms with Gasteiger partial charge < -0.3 is 5.32 Å². The summed E-state index contributed by atoms with van der Waals surface area (Å²) in [5.74, 6) is -0.0158. The first kappa shape index (κ1) is 11.0. The minimum Gasteiger partial charge on any atom is -0.353 e. The minimum absolute atomic E-state index is 0.0158. The van der Waals surface area contributed by atoms with E-state index in [0.717, 1.165) is 17.8 Å². The van der Waals surface area contributed by atoms with Gasteiger partial charge in [0.15, 0.2) is 0 Å². The Kier molecular flexibility index (Phi) is 4.40. The molecule has 0 aliphatic carbocycles. The molecule has 1 rings (SSSR count). The topological polar surface area (TPSA) is 29.1 Å². The lowest BCUT2D eigenvalue weighted by Gasteiger charge is -1.96. The van der Waals surface area contributed by atoms with Crippen LogP contribution in [0.1, 0.15) is 23.1 Å². The zero-order chi connectivity index (χ0) is 10.4. The third-order valence-electron chi connectivity index (χ3n) is 1.71. The van der Waals surface area contributed by atoms with Crippen molar-refractivity contribution in [2.75, 3.05) is 6.54 Å². The molecule has 0 saturated carbocycles. The molecule has 0 radical (unpaired) electrons. The van der Waals surface area contributed by atoms with Gasteiger partial charge in [-0.2, -0.15) is 0 Å². The maximum atomic E-state index is 11.2. The summed E-state index contributed by atoms with van der Waals surface area (Å²) in [7, 11) is 0. The van der Waals surface area contributed by atoms with Gasteiger partial charge in [0, 0.05) is 22.4 Å². The van der Waals surface area contributed by atoms with Crippen LogP contribution in [-0.4, -0.2) is 12.5 Å². The third-order valence-corrected chi connectivity index (χ3v) is 2.68. The fraction of sp³-hybridized carbons (Fsp3) is 0.364. The molecule has 0 fully saturated rings. The van der Waals surface area contributed by atoms with E-state index in [4.69, 9.17) is 0 Å². The maximum Gasteiger partial charge on any atom is 0.244 e. The molecule has 0 spiro atoms. The van der Waals surface area contributed by atoms with Gasteiger partial charge in [0.1, 0.15) is 0 Å². The lowest BCUT2D eigenvalue weighted by atomic mass is 10.4. The number of nitrogens with one attached hydrogen (secondary N) is 1. The van der Waals surface area contributed by atoms with Crippen LogP contribution in [0.15, 0.2) is 18.2 Å². The first-order valence-corrected chi connectivity index (χ1v) is 5.56. The molecular weight excluding hydrogens is 194 g/mol. The first-order chi connectivity index (χ1) is 6.72. The number of amides is 1. The van der Waals surface area contributed by atoms with Crippen molar-refractivity contribution < 1.29 is 4.79 Å². The molecule has 1 amide bonds. The van der Waals surface area contributed by atoms with E-state index in [1.54, 1.807) is 17.4 Å². The maximum absolute atomic E-state index is 11.2. The van der Waals surface area contributed by atoms with Gasteiger partial charge in [0.2, 0.25) is 5.91 Å². The largest absolute Gasteiger partial charge is 0.353 e. The van der Waals surface area contributed by atoms with Crippen molar-refractivity contribution >= 4 is 23.3 Å². The minimum atomic E-state index is -0.0158. The fourth-order valence-electron chi connectivity index (χ4n) is 1.01. The SMILES string of the molecule is CCCNC(=O)C=Cc1ccc(C)s1. The van der Waals surface area contributed by atoms with E-state index in [0.29, 0.717) is 0 Å². The van der Waals surface area contributed by atoms with Gasteiger partial charge in [0.05, 0.1) is 0 Å². The summed E-state index contributed by atoms with van der Waals surface area (Å²) in [4.78, 5) is 13.6. The fourth-order valence-corrected chi connectivity index (χ4v) is 1.79. The number of aryl methyl sites for hydroxylation is 1. The molecule has 14 heavy (non-hydrogen) atoms. The standard InChI is InChI=1S/C11H15NOS/c1-3-8-12-11(13)7-6-10-5-4-9(2)14-10/h4-7H,3,8H2,1-2H3,(H,12,13). The molecule has 2 nitrogen and oxygen atoms in total. The highest BCUT2D eigenvalue weighted by Crippen LogP contribution is 2.16. The molecule has 1 heterocycles. The van der Waals surface area contributed by atoms with Crippen LogP contribution in [0, 0.1) is 6.92 Å². The number of rotatable bonds is 4. The zero-order valence-corrected chi connectivity index (χ0v) is 9.36. The highest BCUT2D eigenvalue weighted by atomic mass is 32.1. The van der Waals surface area contributed by atoms with Gasteiger partial charge in [0.25, 0.3) is 0 Å². The molecule has 1 aromatic heterocycles. The van der Waals surface area contributed by atoms with Gasteiger partial charge in [-0.1, -0.05) is 6.92 Å². The number of hydrogen-bond donors (Lipinski definition) is 1. The van der Waals surface area contributed by atoms with Crippen LogP contribution in [0.2, 0.25) is 0 Å². The summed E-state index contributed by atoms with van der Waals surface area (Å²) < 4.78 is 0. The van der Waals surface area contributed by atoms with Crippen molar-refractivity contribution in [1.82, 2.24) is 5.32 Å². The van der Waals surface area contributed by atoms with E-state index in [-0.39, 0.29) is 5.91 Å². The van der Waals surface area contributed by atoms with Crippen LogP contribution in [0.4, 0.5) is 0 Å². The van der Waals surface area contributed by atoms with Crippen molar-refractivity contribution in [3.8, 4) is 0 Å². The van der Waals surface area contributed by atoms with Gasteiger partial charge in [-0.15, -0.1) is 11.3 Å². The quantitative estimate of drug-likeness (QED) is 0.759. The summed E-state index contributed by atoms with van der Waals surface area (Å²) in [5.41, 5.74) is 0. The van der Waals surface area contributed by atoms with E-state index in [1.807, 2.05) is 25.1 Å². The summed E-state index contributed by atoms with van der Waals surface area (Å²) in [6.07, 6.45) is 4.40. The van der Waals surface area contributed by atoms with Gasteiger partial charge in [-0.05, 0) is 31.6 Å². The Hall–Kier alpha value is -1.09. The van der Waals surface area contributed by atoms with Crippen molar-refractivity contribution in [1.29, 1.82) is 0 Å². The van der Waals surface area contributed by atoms with Crippen LogP contribution in [0.25, 0.3) is 6.08 Å². The molecule has 0 aliphatic heterocycles. The third kappa shape index (κ3) is 3.75. The van der Waals surface area contributed by atoms with E-state index < -0.39 is 0 Å². The molecule has 1 aromatic rings. The van der Waals surface area contributed by atoms with Gasteiger partial charge in [-0.3, -0.25) is 4.79 Å². The van der Waals surface area contributed by atoms with Crippen molar-refractivity contribution in [3.63, 3.8) is 0 Å². The summed E-state index contributed by atoms with van der Waals surface area (Å²) in [5, 5.41) is 2.79. The van der Waals surface area contributed by atoms with E-state index in [2.05, 4.69) is 12.2 Å². The van der Waals surface area contributed by atoms with Crippen LogP contribution in [0.5, 0.6) is 0 Å². The smallest absolute Gasteiger partial charge is 0.244 e. The Morgan fingerprint density at radius 2 is 2.36 bits per heavy atom. The van der Waals surface area contributed by atoms with E-state index in [9.17, 15) is 4.79 Å². The Balaban J connectivity index is 2.43. The predicted molar refractivity (Wildman–Crippen MR) is 61.4 cm³/mol. The molecule has 0 aliphatic rings. The van der Waals surface area contributed by atoms with E-state index >= 15 is 0 Å². The molecule has 76 valence electrons. The number of thiophene rings is 1. The average molecular weight is 209 g/mol. The highest BCUT2D eigenvalue weighted by Gasteiger charge is 1.94. The lowest BCUT2D eigenvalue weighted by molar-refractivity contribution is -0.116. The normalized spacial score (nSPS) is 10.7. The monoisotopic (exact) mass is 209 g/mol. The zero-order valence-electron chi connectivity index (χ0n) is 8.54. The van der Waals surface area contributed by atoms with Crippen LogP contribution in [0.3, 0.4) is 0 Å². The van der Waals surface area contributed by atoms with Crippen molar-refractivity contribution in [2.24, 2.45) is 0 Å².